The summed E-state index contributed by atoms with van der Waals surface area (Å²) >= 11 is 0. The van der Waals surface area contributed by atoms with Crippen LogP contribution in [0, 0.1) is 11.6 Å². The van der Waals surface area contributed by atoms with Crippen LogP contribution in [0.15, 0.2) is 42.5 Å². The van der Waals surface area contributed by atoms with Gasteiger partial charge in [0.25, 0.3) is 0 Å². The van der Waals surface area contributed by atoms with E-state index in [4.69, 9.17) is 15.2 Å². The molecule has 2 rings (SSSR count). The van der Waals surface area contributed by atoms with Gasteiger partial charge in [-0.25, -0.2) is 8.78 Å². The lowest BCUT2D eigenvalue weighted by molar-refractivity contribution is 0.205. The van der Waals surface area contributed by atoms with Crippen LogP contribution in [-0.2, 0) is 6.42 Å². The average molecular weight is 293 g/mol. The summed E-state index contributed by atoms with van der Waals surface area (Å²) in [5.74, 6) is -1.15. The molecule has 2 aromatic rings. The van der Waals surface area contributed by atoms with Crippen LogP contribution in [0.5, 0.6) is 11.5 Å². The number of hydrogen-bond acceptors (Lipinski definition) is 3. The normalized spacial score (nSPS) is 10.4. The number of ether oxygens (including phenoxy) is 2. The van der Waals surface area contributed by atoms with E-state index in [0.717, 1.165) is 0 Å². The zero-order valence-electron chi connectivity index (χ0n) is 11.5. The maximum Gasteiger partial charge on any atom is 0.190 e. The van der Waals surface area contributed by atoms with E-state index < -0.39 is 11.6 Å². The fourth-order valence-corrected chi connectivity index (χ4v) is 1.88. The van der Waals surface area contributed by atoms with Crippen LogP contribution in [0.3, 0.4) is 0 Å². The van der Waals surface area contributed by atoms with E-state index in [2.05, 4.69) is 0 Å². The molecule has 21 heavy (non-hydrogen) atoms. The third-order valence-electron chi connectivity index (χ3n) is 2.83. The Kier molecular flexibility index (Phi) is 5.51. The van der Waals surface area contributed by atoms with Gasteiger partial charge in [0.2, 0.25) is 0 Å². The fraction of sp³-hybridized carbons (Fsp3) is 0.250. The number of nitrogens with two attached hydrogens (primary N) is 1. The predicted molar refractivity (Wildman–Crippen MR) is 76.5 cm³/mol. The number of hydrogen-bond donors (Lipinski definition) is 1. The molecule has 0 aliphatic heterocycles. The molecule has 5 heteroatoms. The molecule has 2 N–H and O–H groups in total. The maximum absolute atomic E-state index is 13.7. The summed E-state index contributed by atoms with van der Waals surface area (Å²) in [4.78, 5) is 0. The first-order valence-corrected chi connectivity index (χ1v) is 6.69. The first kappa shape index (κ1) is 15.3. The lowest BCUT2D eigenvalue weighted by Crippen LogP contribution is -2.11. The molecule has 3 nitrogen and oxygen atoms in total. The van der Waals surface area contributed by atoms with Crippen molar-refractivity contribution < 1.29 is 18.3 Å². The summed E-state index contributed by atoms with van der Waals surface area (Å²) in [6, 6.07) is 11.6. The molecule has 0 spiro atoms. The summed E-state index contributed by atoms with van der Waals surface area (Å²) in [6.45, 7) is 0.594. The van der Waals surface area contributed by atoms with Gasteiger partial charge >= 0.3 is 0 Å². The van der Waals surface area contributed by atoms with Gasteiger partial charge in [0.15, 0.2) is 17.4 Å². The molecule has 0 radical (unpaired) electrons. The average Bonchev–Trinajstić information content (AvgIpc) is 2.47. The molecule has 2 aromatic carbocycles. The van der Waals surface area contributed by atoms with Gasteiger partial charge in [0, 0.05) is 0 Å². The van der Waals surface area contributed by atoms with E-state index in [9.17, 15) is 8.78 Å². The Morgan fingerprint density at radius 2 is 1.52 bits per heavy atom. The Labute approximate surface area is 122 Å². The number of rotatable bonds is 7. The Morgan fingerprint density at radius 1 is 0.905 bits per heavy atom. The number of benzene rings is 2. The number of para-hydroxylation sites is 1. The van der Waals surface area contributed by atoms with Crippen LogP contribution in [0.4, 0.5) is 8.78 Å². The second-order valence-electron chi connectivity index (χ2n) is 4.44. The largest absolute Gasteiger partial charge is 0.490 e. The minimum Gasteiger partial charge on any atom is -0.490 e. The van der Waals surface area contributed by atoms with Crippen LogP contribution < -0.4 is 15.2 Å². The second kappa shape index (κ2) is 7.59. The molecule has 0 saturated heterocycles. The highest BCUT2D eigenvalue weighted by atomic mass is 19.1. The fourth-order valence-electron chi connectivity index (χ4n) is 1.88. The summed E-state index contributed by atoms with van der Waals surface area (Å²) in [5, 5.41) is 0. The van der Waals surface area contributed by atoms with Crippen LogP contribution in [-0.4, -0.2) is 19.8 Å². The molecule has 0 atom stereocenters. The zero-order chi connectivity index (χ0) is 15.1. The molecule has 0 bridgehead atoms. The topological polar surface area (TPSA) is 44.5 Å². The summed E-state index contributed by atoms with van der Waals surface area (Å²) in [6.07, 6.45) is 0.422. The first-order valence-electron chi connectivity index (χ1n) is 6.69. The summed E-state index contributed by atoms with van der Waals surface area (Å²) in [5.41, 5.74) is 5.87. The van der Waals surface area contributed by atoms with Gasteiger partial charge in [0.1, 0.15) is 19.0 Å². The summed E-state index contributed by atoms with van der Waals surface area (Å²) < 4.78 is 38.0. The van der Waals surface area contributed by atoms with E-state index in [1.807, 2.05) is 18.2 Å². The Balaban J connectivity index is 1.88. The molecule has 112 valence electrons. The standard InChI is InChI=1S/C16H17F2NO2/c17-14-10-12(6-7-19)11-15(18)16(14)21-9-8-20-13-4-2-1-3-5-13/h1-5,10-11H,6-9,19H2. The molecule has 0 saturated carbocycles. The van der Waals surface area contributed by atoms with E-state index in [0.29, 0.717) is 24.3 Å². The quantitative estimate of drug-likeness (QED) is 0.798. The molecule has 0 fully saturated rings. The minimum atomic E-state index is -0.724. The highest BCUT2D eigenvalue weighted by molar-refractivity contribution is 5.31. The molecular formula is C16H17F2NO2. The molecule has 0 unspecified atom stereocenters. The van der Waals surface area contributed by atoms with Crippen LogP contribution in [0.25, 0.3) is 0 Å². The van der Waals surface area contributed by atoms with E-state index in [1.54, 1.807) is 12.1 Å². The van der Waals surface area contributed by atoms with Crippen molar-refractivity contribution in [3.8, 4) is 11.5 Å². The summed E-state index contributed by atoms with van der Waals surface area (Å²) in [7, 11) is 0. The molecule has 0 aromatic heterocycles. The monoisotopic (exact) mass is 293 g/mol. The lowest BCUT2D eigenvalue weighted by atomic mass is 10.1. The Hall–Kier alpha value is -2.14. The van der Waals surface area contributed by atoms with Crippen LogP contribution in [0.2, 0.25) is 0 Å². The van der Waals surface area contributed by atoms with Crippen LogP contribution >= 0.6 is 0 Å². The minimum absolute atomic E-state index is 0.0545. The van der Waals surface area contributed by atoms with Crippen molar-refractivity contribution in [3.63, 3.8) is 0 Å². The van der Waals surface area contributed by atoms with Crippen molar-refractivity contribution in [2.75, 3.05) is 19.8 Å². The van der Waals surface area contributed by atoms with Crippen molar-refractivity contribution in [3.05, 3.63) is 59.7 Å². The van der Waals surface area contributed by atoms with Crippen LogP contribution in [0.1, 0.15) is 5.56 Å². The first-order chi connectivity index (χ1) is 10.2. The van der Waals surface area contributed by atoms with E-state index >= 15 is 0 Å². The van der Waals surface area contributed by atoms with Gasteiger partial charge in [-0.1, -0.05) is 18.2 Å². The smallest absolute Gasteiger partial charge is 0.190 e. The third-order valence-corrected chi connectivity index (χ3v) is 2.83. The highest BCUT2D eigenvalue weighted by Gasteiger charge is 2.12. The van der Waals surface area contributed by atoms with Crippen molar-refractivity contribution in [2.45, 2.75) is 6.42 Å². The second-order valence-corrected chi connectivity index (χ2v) is 4.44. The maximum atomic E-state index is 13.7. The lowest BCUT2D eigenvalue weighted by Gasteiger charge is -2.11. The van der Waals surface area contributed by atoms with E-state index in [-0.39, 0.29) is 19.0 Å². The Morgan fingerprint density at radius 3 is 2.14 bits per heavy atom. The van der Waals surface area contributed by atoms with Crippen molar-refractivity contribution >= 4 is 0 Å². The zero-order valence-corrected chi connectivity index (χ0v) is 11.5. The predicted octanol–water partition coefficient (Wildman–Crippen LogP) is 2.92. The number of halogens is 2. The highest BCUT2D eigenvalue weighted by Crippen LogP contribution is 2.23. The van der Waals surface area contributed by atoms with Crippen molar-refractivity contribution in [1.29, 1.82) is 0 Å². The van der Waals surface area contributed by atoms with Gasteiger partial charge in [-0.15, -0.1) is 0 Å². The van der Waals surface area contributed by atoms with Gasteiger partial charge in [-0.05, 0) is 42.8 Å². The van der Waals surface area contributed by atoms with Gasteiger partial charge in [0.05, 0.1) is 0 Å². The molecule has 0 aliphatic rings. The molecular weight excluding hydrogens is 276 g/mol. The van der Waals surface area contributed by atoms with Gasteiger partial charge in [-0.2, -0.15) is 0 Å². The van der Waals surface area contributed by atoms with Crippen molar-refractivity contribution in [2.24, 2.45) is 5.73 Å². The van der Waals surface area contributed by atoms with Crippen molar-refractivity contribution in [1.82, 2.24) is 0 Å². The molecule has 0 heterocycles. The Bertz CT molecular complexity index is 553. The molecule has 0 amide bonds. The van der Waals surface area contributed by atoms with Gasteiger partial charge < -0.3 is 15.2 Å². The van der Waals surface area contributed by atoms with E-state index in [1.165, 1.54) is 12.1 Å². The molecule has 0 aliphatic carbocycles. The SMILES string of the molecule is NCCc1cc(F)c(OCCOc2ccccc2)c(F)c1. The third kappa shape index (κ3) is 4.43. The van der Waals surface area contributed by atoms with Gasteiger partial charge in [-0.3, -0.25) is 0 Å².